The predicted molar refractivity (Wildman–Crippen MR) is 87.7 cm³/mol. The van der Waals surface area contributed by atoms with Crippen molar-refractivity contribution in [2.45, 2.75) is 19.9 Å². The highest BCUT2D eigenvalue weighted by molar-refractivity contribution is 7.18. The highest BCUT2D eigenvalue weighted by Crippen LogP contribution is 2.32. The van der Waals surface area contributed by atoms with E-state index in [4.69, 9.17) is 5.73 Å². The van der Waals surface area contributed by atoms with E-state index in [2.05, 4.69) is 10.3 Å². The van der Waals surface area contributed by atoms with E-state index in [1.54, 1.807) is 6.20 Å². The first kappa shape index (κ1) is 15.3. The molecule has 1 amide bonds. The van der Waals surface area contributed by atoms with Gasteiger partial charge in [0.15, 0.2) is 0 Å². The molecule has 6 heteroatoms. The molecular formula is C15H20N4OS. The summed E-state index contributed by atoms with van der Waals surface area (Å²) in [6, 6.07) is 7.67. The molecule has 0 aliphatic heterocycles. The molecule has 0 radical (unpaired) electrons. The third-order valence-corrected chi connectivity index (χ3v) is 4.26. The molecule has 2 aromatic rings. The molecular weight excluding hydrogens is 284 g/mol. The monoisotopic (exact) mass is 304 g/mol. The van der Waals surface area contributed by atoms with E-state index < -0.39 is 0 Å². The molecule has 0 atom stereocenters. The van der Waals surface area contributed by atoms with Crippen LogP contribution in [0.1, 0.15) is 28.7 Å². The van der Waals surface area contributed by atoms with Gasteiger partial charge < -0.3 is 16.0 Å². The Morgan fingerprint density at radius 2 is 2.29 bits per heavy atom. The molecule has 3 N–H and O–H groups in total. The summed E-state index contributed by atoms with van der Waals surface area (Å²) in [5.74, 6) is -0.100. The first-order valence-electron chi connectivity index (χ1n) is 6.90. The lowest BCUT2D eigenvalue weighted by Gasteiger charge is -2.16. The molecule has 2 heterocycles. The second-order valence-electron chi connectivity index (χ2n) is 4.80. The van der Waals surface area contributed by atoms with Gasteiger partial charge in [0.25, 0.3) is 5.91 Å². The Hall–Kier alpha value is -2.08. The lowest BCUT2D eigenvalue weighted by molar-refractivity contribution is 0.0958. The molecule has 112 valence electrons. The van der Waals surface area contributed by atoms with Crippen LogP contribution in [0.4, 0.5) is 10.7 Å². The fraction of sp³-hybridized carbons (Fsp3) is 0.333. The number of carbonyl (C=O) groups is 1. The SMILES string of the molecule is CCCNC(=O)c1sc(N(C)Cc2ccccn2)cc1N. The highest BCUT2D eigenvalue weighted by Gasteiger charge is 2.16. The molecule has 0 saturated carbocycles. The molecule has 0 spiro atoms. The summed E-state index contributed by atoms with van der Waals surface area (Å²) in [5, 5.41) is 3.81. The topological polar surface area (TPSA) is 71.2 Å². The molecule has 21 heavy (non-hydrogen) atoms. The number of nitrogens with two attached hydrogens (primary N) is 1. The molecule has 2 aromatic heterocycles. The average Bonchev–Trinajstić information content (AvgIpc) is 2.88. The minimum Gasteiger partial charge on any atom is -0.397 e. The van der Waals surface area contributed by atoms with E-state index >= 15 is 0 Å². The Kier molecular flexibility index (Phi) is 5.16. The van der Waals surface area contributed by atoms with Crippen molar-refractivity contribution in [3.8, 4) is 0 Å². The summed E-state index contributed by atoms with van der Waals surface area (Å²) in [6.07, 6.45) is 2.68. The van der Waals surface area contributed by atoms with Gasteiger partial charge in [-0.25, -0.2) is 0 Å². The Morgan fingerprint density at radius 1 is 1.48 bits per heavy atom. The van der Waals surface area contributed by atoms with E-state index in [-0.39, 0.29) is 5.91 Å². The number of hydrogen-bond donors (Lipinski definition) is 2. The molecule has 0 bridgehead atoms. The number of nitrogen functional groups attached to an aromatic ring is 1. The first-order chi connectivity index (χ1) is 10.1. The minimum absolute atomic E-state index is 0.100. The molecule has 0 fully saturated rings. The fourth-order valence-corrected chi connectivity index (χ4v) is 2.85. The van der Waals surface area contributed by atoms with Crippen LogP contribution < -0.4 is 16.0 Å². The van der Waals surface area contributed by atoms with Crippen LogP contribution in [0.25, 0.3) is 0 Å². The normalized spacial score (nSPS) is 10.4. The maximum Gasteiger partial charge on any atom is 0.263 e. The Morgan fingerprint density at radius 3 is 2.95 bits per heavy atom. The van der Waals surface area contributed by atoms with Crippen molar-refractivity contribution in [1.82, 2.24) is 10.3 Å². The maximum atomic E-state index is 12.0. The van der Waals surface area contributed by atoms with Gasteiger partial charge in [0.2, 0.25) is 0 Å². The number of carbonyl (C=O) groups excluding carboxylic acids is 1. The van der Waals surface area contributed by atoms with E-state index in [1.165, 1.54) is 11.3 Å². The van der Waals surface area contributed by atoms with Crippen molar-refractivity contribution in [3.05, 3.63) is 41.0 Å². The second-order valence-corrected chi connectivity index (χ2v) is 5.83. The molecule has 0 aliphatic carbocycles. The number of anilines is 2. The van der Waals surface area contributed by atoms with Crippen molar-refractivity contribution < 1.29 is 4.79 Å². The Bertz CT molecular complexity index is 597. The fourth-order valence-electron chi connectivity index (χ4n) is 1.89. The predicted octanol–water partition coefficient (Wildman–Crippen LogP) is 2.50. The van der Waals surface area contributed by atoms with Gasteiger partial charge in [0, 0.05) is 19.8 Å². The average molecular weight is 304 g/mol. The van der Waals surface area contributed by atoms with Crippen molar-refractivity contribution in [3.63, 3.8) is 0 Å². The van der Waals surface area contributed by atoms with Crippen molar-refractivity contribution >= 4 is 27.9 Å². The molecule has 0 unspecified atom stereocenters. The van der Waals surface area contributed by atoms with Crippen molar-refractivity contribution in [2.75, 3.05) is 24.2 Å². The third-order valence-electron chi connectivity index (χ3n) is 2.99. The summed E-state index contributed by atoms with van der Waals surface area (Å²) in [4.78, 5) is 18.9. The first-order valence-corrected chi connectivity index (χ1v) is 7.72. The summed E-state index contributed by atoms with van der Waals surface area (Å²) in [5.41, 5.74) is 7.45. The van der Waals surface area contributed by atoms with Gasteiger partial charge in [-0.15, -0.1) is 11.3 Å². The van der Waals surface area contributed by atoms with Crippen LogP contribution in [-0.4, -0.2) is 24.5 Å². The second kappa shape index (κ2) is 7.08. The zero-order valence-electron chi connectivity index (χ0n) is 12.3. The van der Waals surface area contributed by atoms with Crippen molar-refractivity contribution in [2.24, 2.45) is 0 Å². The van der Waals surface area contributed by atoms with Crippen LogP contribution in [0.15, 0.2) is 30.5 Å². The van der Waals surface area contributed by atoms with Gasteiger partial charge in [-0.1, -0.05) is 13.0 Å². The standard InChI is InChI=1S/C15H20N4OS/c1-3-7-18-15(20)14-12(16)9-13(21-14)19(2)10-11-6-4-5-8-17-11/h4-6,8-9H,3,7,10,16H2,1-2H3,(H,18,20). The number of nitrogens with zero attached hydrogens (tertiary/aromatic N) is 2. The zero-order chi connectivity index (χ0) is 15.2. The molecule has 5 nitrogen and oxygen atoms in total. The molecule has 0 aliphatic rings. The van der Waals surface area contributed by atoms with Gasteiger partial charge in [0.1, 0.15) is 4.88 Å². The number of amides is 1. The molecule has 0 aromatic carbocycles. The zero-order valence-corrected chi connectivity index (χ0v) is 13.1. The molecule has 2 rings (SSSR count). The van der Waals surface area contributed by atoms with Crippen LogP contribution in [0.5, 0.6) is 0 Å². The number of thiophene rings is 1. The van der Waals surface area contributed by atoms with Gasteiger partial charge in [-0.05, 0) is 24.6 Å². The third kappa shape index (κ3) is 3.95. The highest BCUT2D eigenvalue weighted by atomic mass is 32.1. The Labute approximate surface area is 128 Å². The minimum atomic E-state index is -0.100. The van der Waals surface area contributed by atoms with Crippen LogP contribution in [-0.2, 0) is 6.54 Å². The van der Waals surface area contributed by atoms with Crippen LogP contribution in [0.3, 0.4) is 0 Å². The number of rotatable bonds is 6. The lowest BCUT2D eigenvalue weighted by atomic mass is 10.3. The van der Waals surface area contributed by atoms with Gasteiger partial charge in [-0.3, -0.25) is 9.78 Å². The van der Waals surface area contributed by atoms with E-state index in [0.717, 1.165) is 17.1 Å². The van der Waals surface area contributed by atoms with Gasteiger partial charge >= 0.3 is 0 Å². The van der Waals surface area contributed by atoms with E-state index in [0.29, 0.717) is 23.7 Å². The van der Waals surface area contributed by atoms with Crippen molar-refractivity contribution in [1.29, 1.82) is 0 Å². The van der Waals surface area contributed by atoms with E-state index in [1.807, 2.05) is 43.1 Å². The Balaban J connectivity index is 2.08. The smallest absolute Gasteiger partial charge is 0.263 e. The van der Waals surface area contributed by atoms with Crippen LogP contribution in [0.2, 0.25) is 0 Å². The van der Waals surface area contributed by atoms with E-state index in [9.17, 15) is 4.79 Å². The largest absolute Gasteiger partial charge is 0.397 e. The summed E-state index contributed by atoms with van der Waals surface area (Å²) in [7, 11) is 1.97. The summed E-state index contributed by atoms with van der Waals surface area (Å²) >= 11 is 1.41. The quantitative estimate of drug-likeness (QED) is 0.860. The number of pyridine rings is 1. The van der Waals surface area contributed by atoms with Crippen LogP contribution >= 0.6 is 11.3 Å². The van der Waals surface area contributed by atoms with Gasteiger partial charge in [-0.2, -0.15) is 0 Å². The summed E-state index contributed by atoms with van der Waals surface area (Å²) in [6.45, 7) is 3.36. The number of nitrogens with one attached hydrogen (secondary N) is 1. The van der Waals surface area contributed by atoms with Crippen LogP contribution in [0, 0.1) is 0 Å². The lowest BCUT2D eigenvalue weighted by Crippen LogP contribution is -2.23. The van der Waals surface area contributed by atoms with Gasteiger partial charge in [0.05, 0.1) is 22.9 Å². The summed E-state index contributed by atoms with van der Waals surface area (Å²) < 4.78 is 0. The number of hydrogen-bond acceptors (Lipinski definition) is 5. The maximum absolute atomic E-state index is 12.0. The molecule has 0 saturated heterocycles. The number of aromatic nitrogens is 1.